The Labute approximate surface area is 154 Å². The van der Waals surface area contributed by atoms with Crippen LogP contribution in [0, 0.1) is 0 Å². The summed E-state index contributed by atoms with van der Waals surface area (Å²) in [5.74, 6) is 0. The highest BCUT2D eigenvalue weighted by atomic mass is 16.3. The Morgan fingerprint density at radius 1 is 0.593 bits per heavy atom. The zero-order chi connectivity index (χ0) is 17.8. The van der Waals surface area contributed by atoms with Crippen molar-refractivity contribution in [1.82, 2.24) is 9.97 Å². The summed E-state index contributed by atoms with van der Waals surface area (Å²) in [6.07, 6.45) is 0. The fourth-order valence-corrected chi connectivity index (χ4v) is 3.74. The van der Waals surface area contributed by atoms with Crippen LogP contribution >= 0.6 is 0 Å². The number of hydrogen-bond acceptors (Lipinski definition) is 3. The quantitative estimate of drug-likeness (QED) is 0.348. The van der Waals surface area contributed by atoms with Gasteiger partial charge >= 0.3 is 0 Å². The first-order valence-corrected chi connectivity index (χ1v) is 8.94. The number of furan rings is 1. The first-order chi connectivity index (χ1) is 13.4. The third kappa shape index (κ3) is 2.15. The summed E-state index contributed by atoms with van der Waals surface area (Å²) in [6.45, 7) is 0. The third-order valence-electron chi connectivity index (χ3n) is 5.07. The molecule has 6 aromatic rings. The summed E-state index contributed by atoms with van der Waals surface area (Å²) < 4.78 is 6.21. The lowest BCUT2D eigenvalue weighted by atomic mass is 10.1. The van der Waals surface area contributed by atoms with Crippen molar-refractivity contribution in [1.29, 1.82) is 0 Å². The van der Waals surface area contributed by atoms with Gasteiger partial charge in [0.1, 0.15) is 5.58 Å². The Bertz CT molecular complexity index is 1480. The Morgan fingerprint density at radius 3 is 2.26 bits per heavy atom. The van der Waals surface area contributed by atoms with Crippen molar-refractivity contribution in [2.45, 2.75) is 0 Å². The molecule has 3 aromatic carbocycles. The molecule has 6 rings (SSSR count). The van der Waals surface area contributed by atoms with E-state index in [1.54, 1.807) is 0 Å². The van der Waals surface area contributed by atoms with Gasteiger partial charge in [-0.15, -0.1) is 0 Å². The van der Waals surface area contributed by atoms with Crippen molar-refractivity contribution < 1.29 is 4.42 Å². The number of pyridine rings is 2. The molecule has 0 saturated carbocycles. The molecule has 0 unspecified atom stereocenters. The molecule has 0 bridgehead atoms. The molecule has 0 aliphatic rings. The molecule has 3 heteroatoms. The molecule has 0 amide bonds. The number of rotatable bonds is 1. The van der Waals surface area contributed by atoms with Crippen LogP contribution < -0.4 is 0 Å². The van der Waals surface area contributed by atoms with E-state index in [0.717, 1.165) is 49.4 Å². The largest absolute Gasteiger partial charge is 0.437 e. The van der Waals surface area contributed by atoms with E-state index in [1.807, 2.05) is 42.5 Å². The number of benzene rings is 3. The Morgan fingerprint density at radius 2 is 1.37 bits per heavy atom. The lowest BCUT2D eigenvalue weighted by Crippen LogP contribution is -1.85. The minimum absolute atomic E-state index is 0.664. The van der Waals surface area contributed by atoms with Crippen molar-refractivity contribution in [3.05, 3.63) is 84.9 Å². The van der Waals surface area contributed by atoms with Crippen molar-refractivity contribution >= 4 is 43.9 Å². The average molecular weight is 346 g/mol. The predicted octanol–water partition coefficient (Wildman–Crippen LogP) is 6.35. The number of aromatic nitrogens is 2. The number of hydrogen-bond donors (Lipinski definition) is 0. The van der Waals surface area contributed by atoms with E-state index in [9.17, 15) is 0 Å². The van der Waals surface area contributed by atoms with E-state index in [1.165, 1.54) is 0 Å². The van der Waals surface area contributed by atoms with Crippen LogP contribution in [0.1, 0.15) is 0 Å². The van der Waals surface area contributed by atoms with E-state index in [2.05, 4.69) is 42.5 Å². The molecule has 3 aromatic heterocycles. The summed E-state index contributed by atoms with van der Waals surface area (Å²) >= 11 is 0. The molecule has 0 spiro atoms. The predicted molar refractivity (Wildman–Crippen MR) is 110 cm³/mol. The van der Waals surface area contributed by atoms with Gasteiger partial charge in [-0.05, 0) is 30.3 Å². The average Bonchev–Trinajstić information content (AvgIpc) is 3.09. The van der Waals surface area contributed by atoms with E-state index in [4.69, 9.17) is 14.4 Å². The van der Waals surface area contributed by atoms with Gasteiger partial charge < -0.3 is 4.42 Å². The highest BCUT2D eigenvalue weighted by Gasteiger charge is 2.14. The van der Waals surface area contributed by atoms with Crippen molar-refractivity contribution in [2.24, 2.45) is 0 Å². The van der Waals surface area contributed by atoms with E-state index >= 15 is 0 Å². The molecular formula is C24H14N2O. The maximum absolute atomic E-state index is 6.21. The zero-order valence-electron chi connectivity index (χ0n) is 14.4. The highest BCUT2D eigenvalue weighted by molar-refractivity contribution is 6.11. The van der Waals surface area contributed by atoms with Gasteiger partial charge in [-0.2, -0.15) is 0 Å². The van der Waals surface area contributed by atoms with Crippen molar-refractivity contribution in [3.63, 3.8) is 0 Å². The topological polar surface area (TPSA) is 38.9 Å². The molecule has 3 heterocycles. The molecule has 0 fully saturated rings. The lowest BCUT2D eigenvalue weighted by molar-refractivity contribution is 0.657. The van der Waals surface area contributed by atoms with Crippen LogP contribution in [-0.2, 0) is 0 Å². The molecule has 0 atom stereocenters. The van der Waals surface area contributed by atoms with Gasteiger partial charge in [0.25, 0.3) is 0 Å². The van der Waals surface area contributed by atoms with E-state index in [0.29, 0.717) is 5.71 Å². The summed E-state index contributed by atoms with van der Waals surface area (Å²) in [5.41, 5.74) is 5.31. The molecule has 0 saturated heterocycles. The molecule has 3 nitrogen and oxygen atoms in total. The molecular weight excluding hydrogens is 332 g/mol. The molecule has 0 aliphatic heterocycles. The van der Waals surface area contributed by atoms with Gasteiger partial charge in [-0.25, -0.2) is 9.97 Å². The highest BCUT2D eigenvalue weighted by Crippen LogP contribution is 2.36. The van der Waals surface area contributed by atoms with Gasteiger partial charge in [0.05, 0.1) is 16.7 Å². The standard InChI is InChI=1S/C24H14N2O/c1-3-10-20-15(6-1)12-13-22(25-20)18-9-5-8-17-19-14-16-7-2-4-11-21(16)26-24(19)27-23(17)18/h1-14H. The maximum Gasteiger partial charge on any atom is 0.227 e. The van der Waals surface area contributed by atoms with Gasteiger partial charge in [0, 0.05) is 27.1 Å². The second-order valence-corrected chi connectivity index (χ2v) is 6.71. The van der Waals surface area contributed by atoms with Crippen LogP contribution in [0.3, 0.4) is 0 Å². The Hall–Kier alpha value is -3.72. The second-order valence-electron chi connectivity index (χ2n) is 6.71. The minimum atomic E-state index is 0.664. The van der Waals surface area contributed by atoms with Crippen LogP contribution in [-0.4, -0.2) is 9.97 Å². The van der Waals surface area contributed by atoms with E-state index < -0.39 is 0 Å². The molecule has 126 valence electrons. The van der Waals surface area contributed by atoms with Crippen LogP contribution in [0.25, 0.3) is 55.1 Å². The molecule has 0 N–H and O–H groups in total. The lowest BCUT2D eigenvalue weighted by Gasteiger charge is -2.04. The van der Waals surface area contributed by atoms with Gasteiger partial charge in [-0.3, -0.25) is 0 Å². The second kappa shape index (κ2) is 5.39. The summed E-state index contributed by atoms with van der Waals surface area (Å²) in [7, 11) is 0. The van der Waals surface area contributed by atoms with Crippen LogP contribution in [0.4, 0.5) is 0 Å². The Balaban J connectivity index is 1.67. The number of para-hydroxylation sites is 3. The van der Waals surface area contributed by atoms with Crippen LogP contribution in [0.15, 0.2) is 89.3 Å². The zero-order valence-corrected chi connectivity index (χ0v) is 14.4. The molecule has 0 radical (unpaired) electrons. The fraction of sp³-hybridized carbons (Fsp3) is 0. The smallest absolute Gasteiger partial charge is 0.227 e. The first-order valence-electron chi connectivity index (χ1n) is 8.94. The van der Waals surface area contributed by atoms with Gasteiger partial charge in [0.15, 0.2) is 0 Å². The fourth-order valence-electron chi connectivity index (χ4n) is 3.74. The normalized spacial score (nSPS) is 11.7. The summed E-state index contributed by atoms with van der Waals surface area (Å²) in [6, 6.07) is 28.8. The van der Waals surface area contributed by atoms with Gasteiger partial charge in [0.2, 0.25) is 5.71 Å². The monoisotopic (exact) mass is 346 g/mol. The number of nitrogens with zero attached hydrogens (tertiary/aromatic N) is 2. The van der Waals surface area contributed by atoms with Gasteiger partial charge in [-0.1, -0.05) is 54.6 Å². The van der Waals surface area contributed by atoms with Crippen molar-refractivity contribution in [2.75, 3.05) is 0 Å². The van der Waals surface area contributed by atoms with Crippen LogP contribution in [0.2, 0.25) is 0 Å². The summed E-state index contributed by atoms with van der Waals surface area (Å²) in [5, 5.41) is 4.34. The van der Waals surface area contributed by atoms with E-state index in [-0.39, 0.29) is 0 Å². The Kier molecular flexibility index (Phi) is 2.88. The van der Waals surface area contributed by atoms with Crippen molar-refractivity contribution in [3.8, 4) is 11.3 Å². The maximum atomic E-state index is 6.21. The minimum Gasteiger partial charge on any atom is -0.437 e. The molecule has 0 aliphatic carbocycles. The SMILES string of the molecule is c1ccc2nc(-c3cccc4c3oc3nc5ccccc5cc34)ccc2c1. The van der Waals surface area contributed by atoms with Crippen LogP contribution in [0.5, 0.6) is 0 Å². The number of fused-ring (bicyclic) bond motifs is 5. The molecule has 27 heavy (non-hydrogen) atoms. The summed E-state index contributed by atoms with van der Waals surface area (Å²) in [4.78, 5) is 9.55. The first kappa shape index (κ1) is 14.4. The third-order valence-corrected chi connectivity index (χ3v) is 5.07.